The molecule has 4 heteroatoms. The van der Waals surface area contributed by atoms with E-state index >= 15 is 0 Å². The number of fused-ring (bicyclic) bond motifs is 1. The van der Waals surface area contributed by atoms with Gasteiger partial charge in [-0.05, 0) is 41.5 Å². The van der Waals surface area contributed by atoms with Gasteiger partial charge >= 0.3 is 0 Å². The number of hydrogen-bond donors (Lipinski definition) is 1. The van der Waals surface area contributed by atoms with Crippen LogP contribution in [0.3, 0.4) is 0 Å². The second kappa shape index (κ2) is 5.91. The van der Waals surface area contributed by atoms with Crippen molar-refractivity contribution in [1.82, 2.24) is 4.72 Å². The van der Waals surface area contributed by atoms with Crippen molar-refractivity contribution < 1.29 is 8.42 Å². The molecule has 112 valence electrons. The second-order valence-corrected chi connectivity index (χ2v) is 6.98. The van der Waals surface area contributed by atoms with Gasteiger partial charge in [0, 0.05) is 6.04 Å². The summed E-state index contributed by atoms with van der Waals surface area (Å²) in [5.74, 6) is 0. The largest absolute Gasteiger partial charge is 0.241 e. The van der Waals surface area contributed by atoms with Gasteiger partial charge in [0.05, 0.1) is 4.90 Å². The van der Waals surface area contributed by atoms with E-state index in [1.54, 1.807) is 30.3 Å². The average Bonchev–Trinajstić information content (AvgIpc) is 2.55. The SMILES string of the molecule is C[C@@H](NS(=O)(=O)c1ccccc1)c1ccc2ccccc2c1. The summed E-state index contributed by atoms with van der Waals surface area (Å²) in [4.78, 5) is 0.280. The van der Waals surface area contributed by atoms with Gasteiger partial charge in [0.2, 0.25) is 10.0 Å². The van der Waals surface area contributed by atoms with E-state index in [0.717, 1.165) is 16.3 Å². The Morgan fingerprint density at radius 2 is 1.45 bits per heavy atom. The van der Waals surface area contributed by atoms with E-state index in [1.807, 2.05) is 49.4 Å². The van der Waals surface area contributed by atoms with Crippen LogP contribution in [-0.2, 0) is 10.0 Å². The summed E-state index contributed by atoms with van der Waals surface area (Å²) in [6, 6.07) is 22.1. The molecule has 0 fully saturated rings. The van der Waals surface area contributed by atoms with Gasteiger partial charge in [0.15, 0.2) is 0 Å². The maximum absolute atomic E-state index is 12.4. The van der Waals surface area contributed by atoms with Crippen molar-refractivity contribution in [2.75, 3.05) is 0 Å². The molecule has 0 aromatic heterocycles. The van der Waals surface area contributed by atoms with Gasteiger partial charge < -0.3 is 0 Å². The topological polar surface area (TPSA) is 46.2 Å². The van der Waals surface area contributed by atoms with Crippen molar-refractivity contribution in [2.45, 2.75) is 17.9 Å². The Kier molecular flexibility index (Phi) is 3.96. The second-order valence-electron chi connectivity index (χ2n) is 5.26. The highest BCUT2D eigenvalue weighted by molar-refractivity contribution is 7.89. The van der Waals surface area contributed by atoms with E-state index in [-0.39, 0.29) is 10.9 Å². The van der Waals surface area contributed by atoms with Gasteiger partial charge in [-0.1, -0.05) is 54.6 Å². The van der Waals surface area contributed by atoms with Crippen LogP contribution in [0, 0.1) is 0 Å². The van der Waals surface area contributed by atoms with E-state index < -0.39 is 10.0 Å². The van der Waals surface area contributed by atoms with Crippen molar-refractivity contribution in [2.24, 2.45) is 0 Å². The highest BCUT2D eigenvalue weighted by Crippen LogP contribution is 2.21. The van der Waals surface area contributed by atoms with E-state index in [9.17, 15) is 8.42 Å². The average molecular weight is 311 g/mol. The van der Waals surface area contributed by atoms with Crippen molar-refractivity contribution in [3.63, 3.8) is 0 Å². The van der Waals surface area contributed by atoms with Crippen molar-refractivity contribution >= 4 is 20.8 Å². The molecule has 3 aromatic carbocycles. The molecular weight excluding hydrogens is 294 g/mol. The Bertz CT molecular complexity index is 889. The number of nitrogens with one attached hydrogen (secondary N) is 1. The van der Waals surface area contributed by atoms with Gasteiger partial charge in [-0.25, -0.2) is 13.1 Å². The molecule has 0 heterocycles. The standard InChI is InChI=1S/C18H17NO2S/c1-14(19-22(20,21)18-9-3-2-4-10-18)16-12-11-15-7-5-6-8-17(15)13-16/h2-14,19H,1H3/t14-/m1/s1. The van der Waals surface area contributed by atoms with Crippen molar-refractivity contribution in [3.05, 3.63) is 78.4 Å². The monoisotopic (exact) mass is 311 g/mol. The predicted octanol–water partition coefficient (Wildman–Crippen LogP) is 3.88. The normalized spacial score (nSPS) is 13.1. The third-order valence-electron chi connectivity index (χ3n) is 3.66. The van der Waals surface area contributed by atoms with Gasteiger partial charge in [-0.2, -0.15) is 0 Å². The van der Waals surface area contributed by atoms with E-state index in [4.69, 9.17) is 0 Å². The van der Waals surface area contributed by atoms with E-state index in [2.05, 4.69) is 4.72 Å². The third kappa shape index (κ3) is 3.03. The highest BCUT2D eigenvalue weighted by Gasteiger charge is 2.18. The molecule has 0 spiro atoms. The summed E-state index contributed by atoms with van der Waals surface area (Å²) in [7, 11) is -3.51. The summed E-state index contributed by atoms with van der Waals surface area (Å²) in [5, 5.41) is 2.25. The lowest BCUT2D eigenvalue weighted by atomic mass is 10.0. The van der Waals surface area contributed by atoms with E-state index in [0.29, 0.717) is 0 Å². The van der Waals surface area contributed by atoms with Gasteiger partial charge in [-0.15, -0.1) is 0 Å². The predicted molar refractivity (Wildman–Crippen MR) is 89.1 cm³/mol. The first-order chi connectivity index (χ1) is 10.6. The molecule has 0 unspecified atom stereocenters. The molecule has 0 aliphatic heterocycles. The smallest absolute Gasteiger partial charge is 0.207 e. The van der Waals surface area contributed by atoms with Crippen LogP contribution in [0.15, 0.2) is 77.7 Å². The molecule has 0 saturated heterocycles. The Morgan fingerprint density at radius 1 is 0.818 bits per heavy atom. The molecule has 0 amide bonds. The van der Waals surface area contributed by atoms with Gasteiger partial charge in [0.25, 0.3) is 0 Å². The van der Waals surface area contributed by atoms with Crippen LogP contribution in [0.4, 0.5) is 0 Å². The minimum absolute atomic E-state index is 0.280. The first kappa shape index (κ1) is 14.8. The molecule has 0 saturated carbocycles. The fraction of sp³-hybridized carbons (Fsp3) is 0.111. The highest BCUT2D eigenvalue weighted by atomic mass is 32.2. The third-order valence-corrected chi connectivity index (χ3v) is 5.22. The molecular formula is C18H17NO2S. The van der Waals surface area contributed by atoms with Crippen LogP contribution in [0.2, 0.25) is 0 Å². The molecule has 22 heavy (non-hydrogen) atoms. The molecule has 0 bridgehead atoms. The lowest BCUT2D eigenvalue weighted by molar-refractivity contribution is 0.567. The minimum atomic E-state index is -3.51. The fourth-order valence-corrected chi connectivity index (χ4v) is 3.70. The van der Waals surface area contributed by atoms with Gasteiger partial charge in [-0.3, -0.25) is 0 Å². The van der Waals surface area contributed by atoms with Crippen LogP contribution >= 0.6 is 0 Å². The number of sulfonamides is 1. The van der Waals surface area contributed by atoms with Crippen LogP contribution < -0.4 is 4.72 Å². The molecule has 3 nitrogen and oxygen atoms in total. The molecule has 1 atom stereocenters. The Balaban J connectivity index is 1.88. The molecule has 0 aliphatic carbocycles. The first-order valence-electron chi connectivity index (χ1n) is 7.12. The number of benzene rings is 3. The lowest BCUT2D eigenvalue weighted by Crippen LogP contribution is -2.26. The first-order valence-corrected chi connectivity index (χ1v) is 8.61. The lowest BCUT2D eigenvalue weighted by Gasteiger charge is -2.15. The zero-order valence-corrected chi connectivity index (χ0v) is 13.0. The molecule has 0 aliphatic rings. The maximum atomic E-state index is 12.4. The van der Waals surface area contributed by atoms with Crippen LogP contribution in [0.5, 0.6) is 0 Å². The molecule has 3 rings (SSSR count). The molecule has 0 radical (unpaired) electrons. The fourth-order valence-electron chi connectivity index (χ4n) is 2.45. The Labute approximate surface area is 130 Å². The number of rotatable bonds is 4. The summed E-state index contributed by atoms with van der Waals surface area (Å²) >= 11 is 0. The Hall–Kier alpha value is -2.17. The van der Waals surface area contributed by atoms with E-state index in [1.165, 1.54) is 0 Å². The minimum Gasteiger partial charge on any atom is -0.207 e. The Morgan fingerprint density at radius 3 is 2.18 bits per heavy atom. The summed E-state index contributed by atoms with van der Waals surface area (Å²) in [6.45, 7) is 1.85. The zero-order chi connectivity index (χ0) is 15.6. The summed E-state index contributed by atoms with van der Waals surface area (Å²) in [6.07, 6.45) is 0. The maximum Gasteiger partial charge on any atom is 0.241 e. The summed E-state index contributed by atoms with van der Waals surface area (Å²) in [5.41, 5.74) is 0.943. The zero-order valence-electron chi connectivity index (χ0n) is 12.2. The molecule has 1 N–H and O–H groups in total. The van der Waals surface area contributed by atoms with Crippen LogP contribution in [-0.4, -0.2) is 8.42 Å². The molecule has 3 aromatic rings. The summed E-state index contributed by atoms with van der Waals surface area (Å²) < 4.78 is 27.5. The van der Waals surface area contributed by atoms with Crippen molar-refractivity contribution in [1.29, 1.82) is 0 Å². The van der Waals surface area contributed by atoms with Crippen LogP contribution in [0.1, 0.15) is 18.5 Å². The van der Waals surface area contributed by atoms with Gasteiger partial charge in [0.1, 0.15) is 0 Å². The number of hydrogen-bond acceptors (Lipinski definition) is 2. The van der Waals surface area contributed by atoms with Crippen molar-refractivity contribution in [3.8, 4) is 0 Å². The quantitative estimate of drug-likeness (QED) is 0.795. The van der Waals surface area contributed by atoms with Crippen LogP contribution in [0.25, 0.3) is 10.8 Å².